The van der Waals surface area contributed by atoms with E-state index in [2.05, 4.69) is 0 Å². The highest BCUT2D eigenvalue weighted by molar-refractivity contribution is 5.62. The third-order valence-corrected chi connectivity index (χ3v) is 1.37. The molecule has 0 aliphatic heterocycles. The van der Waals surface area contributed by atoms with E-state index in [9.17, 15) is 4.79 Å². The highest BCUT2D eigenvalue weighted by atomic mass is 16.4. The summed E-state index contributed by atoms with van der Waals surface area (Å²) in [6.45, 7) is 1.81. The second-order valence-corrected chi connectivity index (χ2v) is 2.54. The fourth-order valence-electron chi connectivity index (χ4n) is 0.621. The molecule has 0 bridgehead atoms. The van der Waals surface area contributed by atoms with Crippen LogP contribution >= 0.6 is 0 Å². The molecule has 0 aliphatic carbocycles. The minimum atomic E-state index is -0.942. The minimum absolute atomic E-state index is 0.639. The van der Waals surface area contributed by atoms with Crippen LogP contribution in [0.2, 0.25) is 0 Å². The van der Waals surface area contributed by atoms with Crippen LogP contribution in [0.15, 0.2) is 6.07 Å². The van der Waals surface area contributed by atoms with Gasteiger partial charge in [0.2, 0.25) is 17.2 Å². The molecule has 0 radical (unpaired) electrons. The molecular weight excluding hydrogens is 204 g/mol. The smallest absolute Gasteiger partial charge is 0.208 e. The summed E-state index contributed by atoms with van der Waals surface area (Å²) >= 11 is 0. The molecule has 0 unspecified atom stereocenters. The lowest BCUT2D eigenvalue weighted by Gasteiger charge is -2.03. The zero-order valence-electron chi connectivity index (χ0n) is 8.01. The summed E-state index contributed by atoms with van der Waals surface area (Å²) in [6.07, 6.45) is 1.51. The van der Waals surface area contributed by atoms with E-state index in [0.717, 1.165) is 6.29 Å². The van der Waals surface area contributed by atoms with Crippen LogP contribution in [-0.4, -0.2) is 31.8 Å². The van der Waals surface area contributed by atoms with Crippen molar-refractivity contribution in [3.05, 3.63) is 6.07 Å². The van der Waals surface area contributed by atoms with E-state index in [-0.39, 0.29) is 0 Å². The van der Waals surface area contributed by atoms with Crippen molar-refractivity contribution in [2.75, 3.05) is 0 Å². The largest absolute Gasteiger partial charge is 0.504 e. The molecule has 0 aromatic heterocycles. The van der Waals surface area contributed by atoms with Crippen molar-refractivity contribution in [2.24, 2.45) is 0 Å². The van der Waals surface area contributed by atoms with Gasteiger partial charge in [-0.15, -0.1) is 0 Å². The molecule has 0 heterocycles. The summed E-state index contributed by atoms with van der Waals surface area (Å²) in [6, 6.07) is 0.713. The number of hydrogen-bond donors (Lipinski definition) is 5. The first-order chi connectivity index (χ1) is 6.95. The Kier molecular flexibility index (Phi) is 4.80. The Labute approximate surface area is 85.7 Å². The second kappa shape index (κ2) is 5.58. The highest BCUT2D eigenvalue weighted by Gasteiger charge is 2.14. The van der Waals surface area contributed by atoms with Gasteiger partial charge in [-0.1, -0.05) is 6.92 Å². The maximum atomic E-state index is 9.17. The van der Waals surface area contributed by atoms with E-state index in [1.54, 1.807) is 0 Å². The van der Waals surface area contributed by atoms with E-state index in [0.29, 0.717) is 12.5 Å². The molecule has 0 amide bonds. The molecule has 1 rings (SSSR count). The summed E-state index contributed by atoms with van der Waals surface area (Å²) in [5, 5.41) is 43.7. The summed E-state index contributed by atoms with van der Waals surface area (Å²) in [7, 11) is 0. The van der Waals surface area contributed by atoms with Gasteiger partial charge in [0.1, 0.15) is 6.29 Å². The van der Waals surface area contributed by atoms with Crippen LogP contribution in [0.4, 0.5) is 0 Å². The van der Waals surface area contributed by atoms with Crippen LogP contribution in [0, 0.1) is 0 Å². The van der Waals surface area contributed by atoms with E-state index in [1.807, 2.05) is 6.92 Å². The number of aldehydes is 1. The first-order valence-electron chi connectivity index (χ1n) is 4.05. The summed E-state index contributed by atoms with van der Waals surface area (Å²) in [5.41, 5.74) is 0. The van der Waals surface area contributed by atoms with E-state index in [1.165, 1.54) is 0 Å². The van der Waals surface area contributed by atoms with Crippen molar-refractivity contribution in [3.63, 3.8) is 0 Å². The molecule has 15 heavy (non-hydrogen) atoms. The Morgan fingerprint density at radius 1 is 1.00 bits per heavy atom. The predicted molar refractivity (Wildman–Crippen MR) is 51.1 cm³/mol. The maximum Gasteiger partial charge on any atom is 0.208 e. The number of hydrogen-bond acceptors (Lipinski definition) is 6. The molecule has 0 saturated carbocycles. The van der Waals surface area contributed by atoms with E-state index < -0.39 is 28.7 Å². The zero-order chi connectivity index (χ0) is 12.0. The molecule has 6 nitrogen and oxygen atoms in total. The van der Waals surface area contributed by atoms with E-state index in [4.69, 9.17) is 25.5 Å². The molecule has 6 heteroatoms. The second-order valence-electron chi connectivity index (χ2n) is 2.54. The van der Waals surface area contributed by atoms with Crippen LogP contribution in [0.25, 0.3) is 0 Å². The normalized spacial score (nSPS) is 8.87. The van der Waals surface area contributed by atoms with Gasteiger partial charge in [-0.05, 0) is 0 Å². The van der Waals surface area contributed by atoms with Gasteiger partial charge < -0.3 is 30.3 Å². The van der Waals surface area contributed by atoms with Crippen LogP contribution in [0.3, 0.4) is 0 Å². The quantitative estimate of drug-likeness (QED) is 0.269. The van der Waals surface area contributed by atoms with Gasteiger partial charge in [-0.2, -0.15) is 0 Å². The number of benzene rings is 1. The third kappa shape index (κ3) is 3.26. The Bertz CT molecular complexity index is 321. The molecule has 0 spiro atoms. The summed E-state index contributed by atoms with van der Waals surface area (Å²) < 4.78 is 0. The Morgan fingerprint density at radius 3 is 1.60 bits per heavy atom. The van der Waals surface area contributed by atoms with Gasteiger partial charge in [0, 0.05) is 12.5 Å². The molecule has 1 aromatic carbocycles. The molecule has 5 N–H and O–H groups in total. The number of phenolic OH excluding ortho intramolecular Hbond substituents is 5. The standard InChI is InChI=1S/C6H6O5.C3H6O/c7-2-1-3(8)5(10)6(11)4(2)9;1-2-3-4/h1,7-11H;3H,2H2,1H3. The van der Waals surface area contributed by atoms with Gasteiger partial charge in [-0.3, -0.25) is 0 Å². The molecule has 0 aliphatic rings. The number of aromatic hydroxyl groups is 5. The van der Waals surface area contributed by atoms with Gasteiger partial charge >= 0.3 is 0 Å². The van der Waals surface area contributed by atoms with Crippen molar-refractivity contribution in [1.29, 1.82) is 0 Å². The first kappa shape index (κ1) is 12.9. The van der Waals surface area contributed by atoms with Crippen molar-refractivity contribution in [2.45, 2.75) is 13.3 Å². The molecule has 1 aromatic rings. The van der Waals surface area contributed by atoms with Crippen LogP contribution in [-0.2, 0) is 4.79 Å². The first-order valence-corrected chi connectivity index (χ1v) is 4.05. The maximum absolute atomic E-state index is 9.17. The van der Waals surface area contributed by atoms with Gasteiger partial charge in [0.15, 0.2) is 11.5 Å². The average Bonchev–Trinajstić information content (AvgIpc) is 2.24. The monoisotopic (exact) mass is 216 g/mol. The zero-order valence-corrected chi connectivity index (χ0v) is 8.01. The third-order valence-electron chi connectivity index (χ3n) is 1.37. The lowest BCUT2D eigenvalue weighted by molar-refractivity contribution is -0.107. The molecular formula is C9H12O6. The molecule has 0 fully saturated rings. The molecule has 0 saturated heterocycles. The predicted octanol–water partition coefficient (Wildman–Crippen LogP) is 0.810. The van der Waals surface area contributed by atoms with Gasteiger partial charge in [0.05, 0.1) is 0 Å². The molecule has 0 atom stereocenters. The summed E-state index contributed by atoms with van der Waals surface area (Å²) in [5.74, 6) is -4.06. The topological polar surface area (TPSA) is 118 Å². The van der Waals surface area contributed by atoms with Crippen LogP contribution < -0.4 is 0 Å². The minimum Gasteiger partial charge on any atom is -0.504 e. The summed E-state index contributed by atoms with van der Waals surface area (Å²) in [4.78, 5) is 9.17. The van der Waals surface area contributed by atoms with E-state index >= 15 is 0 Å². The number of carbonyl (C=O) groups excluding carboxylic acids is 1. The SMILES string of the molecule is CCC=O.Oc1cc(O)c(O)c(O)c1O. The van der Waals surface area contributed by atoms with Crippen molar-refractivity contribution in [1.82, 2.24) is 0 Å². The van der Waals surface area contributed by atoms with Crippen molar-refractivity contribution < 1.29 is 30.3 Å². The lowest BCUT2D eigenvalue weighted by atomic mass is 10.2. The van der Waals surface area contributed by atoms with Crippen molar-refractivity contribution in [3.8, 4) is 28.7 Å². The Hall–Kier alpha value is -2.11. The highest BCUT2D eigenvalue weighted by Crippen LogP contribution is 2.46. The number of rotatable bonds is 1. The fraction of sp³-hybridized carbons (Fsp3) is 0.222. The Balaban J connectivity index is 0.000000423. The van der Waals surface area contributed by atoms with Crippen molar-refractivity contribution >= 4 is 6.29 Å². The number of phenols is 5. The average molecular weight is 216 g/mol. The van der Waals surface area contributed by atoms with Gasteiger partial charge in [0.25, 0.3) is 0 Å². The van der Waals surface area contributed by atoms with Crippen LogP contribution in [0.5, 0.6) is 28.7 Å². The van der Waals surface area contributed by atoms with Crippen LogP contribution in [0.1, 0.15) is 13.3 Å². The Morgan fingerprint density at radius 2 is 1.33 bits per heavy atom. The fourth-order valence-corrected chi connectivity index (χ4v) is 0.621. The van der Waals surface area contributed by atoms with Gasteiger partial charge in [-0.25, -0.2) is 0 Å². The molecule has 84 valence electrons. The lowest BCUT2D eigenvalue weighted by Crippen LogP contribution is -1.74. The number of carbonyl (C=O) groups is 1.